The average Bonchev–Trinajstić information content (AvgIpc) is 2.93. The van der Waals surface area contributed by atoms with E-state index in [1.54, 1.807) is 6.92 Å². The summed E-state index contributed by atoms with van der Waals surface area (Å²) in [6.45, 7) is 8.05. The highest BCUT2D eigenvalue weighted by molar-refractivity contribution is 7.98. The maximum Gasteiger partial charge on any atom is 0.132 e. The molecular formula is C19H26OS. The third-order valence-corrected chi connectivity index (χ3v) is 6.06. The predicted molar refractivity (Wildman–Crippen MR) is 92.4 cm³/mol. The zero-order valence-electron chi connectivity index (χ0n) is 13.1. The van der Waals surface area contributed by atoms with Crippen LogP contribution >= 0.6 is 11.8 Å². The number of hydrogen-bond acceptors (Lipinski definition) is 2. The largest absolute Gasteiger partial charge is 0.300 e. The predicted octanol–water partition coefficient (Wildman–Crippen LogP) is 4.97. The molecule has 1 saturated carbocycles. The minimum atomic E-state index is 0.263. The number of carbonyl (C=O) groups is 1. The second-order valence-corrected chi connectivity index (χ2v) is 7.35. The third kappa shape index (κ3) is 4.47. The van der Waals surface area contributed by atoms with E-state index in [0.717, 1.165) is 24.3 Å². The summed E-state index contributed by atoms with van der Waals surface area (Å²) < 4.78 is 0. The quantitative estimate of drug-likeness (QED) is 0.661. The van der Waals surface area contributed by atoms with Gasteiger partial charge in [0.2, 0.25) is 0 Å². The molecule has 0 radical (unpaired) electrons. The molecule has 1 aromatic rings. The molecule has 1 fully saturated rings. The Bertz CT molecular complexity index is 468. The fourth-order valence-corrected chi connectivity index (χ4v) is 4.59. The van der Waals surface area contributed by atoms with E-state index in [0.29, 0.717) is 23.5 Å². The van der Waals surface area contributed by atoms with E-state index in [1.165, 1.54) is 5.56 Å². The van der Waals surface area contributed by atoms with Crippen molar-refractivity contribution >= 4 is 17.5 Å². The van der Waals surface area contributed by atoms with Gasteiger partial charge in [-0.3, -0.25) is 4.79 Å². The van der Waals surface area contributed by atoms with Crippen molar-refractivity contribution in [3.05, 3.63) is 48.6 Å². The summed E-state index contributed by atoms with van der Waals surface area (Å²) in [5.74, 6) is 4.64. The lowest BCUT2D eigenvalue weighted by Gasteiger charge is -2.23. The van der Waals surface area contributed by atoms with Gasteiger partial charge in [0.25, 0.3) is 0 Å². The second kappa shape index (κ2) is 7.84. The van der Waals surface area contributed by atoms with Crippen molar-refractivity contribution in [2.24, 2.45) is 23.7 Å². The molecular weight excluding hydrogens is 276 g/mol. The molecule has 114 valence electrons. The lowest BCUT2D eigenvalue weighted by molar-refractivity contribution is -0.120. The number of ketones is 1. The van der Waals surface area contributed by atoms with Crippen molar-refractivity contribution < 1.29 is 4.79 Å². The number of Topliss-reactive ketones (excluding diaryl/α,β-unsaturated/α-hetero) is 1. The standard InChI is InChI=1S/C19H26OS/c1-4-17-10-18(15(3)20)11-19(17)14(2)12-21-13-16-8-6-5-7-9-16/h4-9,14,17-19H,1,10-13H2,2-3H3/t14-,17+,18-,19-/m0/s1. The van der Waals surface area contributed by atoms with Gasteiger partial charge in [0.1, 0.15) is 5.78 Å². The Labute approximate surface area is 133 Å². The Morgan fingerprint density at radius 1 is 1.38 bits per heavy atom. The Balaban J connectivity index is 1.83. The van der Waals surface area contributed by atoms with Crippen LogP contribution in [0.25, 0.3) is 0 Å². The number of carbonyl (C=O) groups excluding carboxylic acids is 1. The highest BCUT2D eigenvalue weighted by Crippen LogP contribution is 2.42. The molecule has 1 aliphatic carbocycles. The van der Waals surface area contributed by atoms with Crippen molar-refractivity contribution in [3.63, 3.8) is 0 Å². The van der Waals surface area contributed by atoms with Crippen LogP contribution in [0.4, 0.5) is 0 Å². The summed E-state index contributed by atoms with van der Waals surface area (Å²) in [6.07, 6.45) is 4.14. The first-order valence-corrected chi connectivity index (χ1v) is 9.02. The number of allylic oxidation sites excluding steroid dienone is 1. The van der Waals surface area contributed by atoms with Crippen molar-refractivity contribution in [3.8, 4) is 0 Å². The SMILES string of the molecule is C=C[C@@H]1C[C@H](C(C)=O)C[C@H]1[C@@H](C)CSCc1ccccc1. The first-order valence-electron chi connectivity index (χ1n) is 7.86. The normalized spacial score (nSPS) is 26.5. The topological polar surface area (TPSA) is 17.1 Å². The van der Waals surface area contributed by atoms with E-state index in [-0.39, 0.29) is 5.92 Å². The third-order valence-electron chi connectivity index (χ3n) is 4.76. The molecule has 0 unspecified atom stereocenters. The Hall–Kier alpha value is -1.02. The van der Waals surface area contributed by atoms with Gasteiger partial charge in [-0.15, -0.1) is 6.58 Å². The lowest BCUT2D eigenvalue weighted by atomic mass is 9.86. The summed E-state index contributed by atoms with van der Waals surface area (Å²) in [4.78, 5) is 11.6. The van der Waals surface area contributed by atoms with Crippen molar-refractivity contribution in [2.75, 3.05) is 5.75 Å². The Morgan fingerprint density at radius 2 is 2.10 bits per heavy atom. The molecule has 2 rings (SSSR count). The van der Waals surface area contributed by atoms with E-state index >= 15 is 0 Å². The van der Waals surface area contributed by atoms with Gasteiger partial charge in [0.15, 0.2) is 0 Å². The molecule has 1 nitrogen and oxygen atoms in total. The van der Waals surface area contributed by atoms with Crippen LogP contribution in [0.15, 0.2) is 43.0 Å². The van der Waals surface area contributed by atoms with E-state index in [2.05, 4.69) is 49.9 Å². The van der Waals surface area contributed by atoms with Crippen molar-refractivity contribution in [1.29, 1.82) is 0 Å². The zero-order chi connectivity index (χ0) is 15.2. The van der Waals surface area contributed by atoms with E-state index in [1.807, 2.05) is 11.8 Å². The summed E-state index contributed by atoms with van der Waals surface area (Å²) in [5, 5.41) is 0. The minimum absolute atomic E-state index is 0.263. The van der Waals surface area contributed by atoms with Crippen LogP contribution in [0.1, 0.15) is 32.3 Å². The number of benzene rings is 1. The van der Waals surface area contributed by atoms with Gasteiger partial charge >= 0.3 is 0 Å². The fourth-order valence-electron chi connectivity index (χ4n) is 3.42. The summed E-state index contributed by atoms with van der Waals surface area (Å²) in [5.41, 5.74) is 1.39. The molecule has 0 saturated heterocycles. The van der Waals surface area contributed by atoms with E-state index < -0.39 is 0 Å². The monoisotopic (exact) mass is 302 g/mol. The lowest BCUT2D eigenvalue weighted by Crippen LogP contribution is -2.17. The fraction of sp³-hybridized carbons (Fsp3) is 0.526. The summed E-state index contributed by atoms with van der Waals surface area (Å²) in [7, 11) is 0. The van der Waals surface area contributed by atoms with Crippen LogP contribution in [0, 0.1) is 23.7 Å². The molecule has 0 aromatic heterocycles. The van der Waals surface area contributed by atoms with E-state index in [9.17, 15) is 4.79 Å². The van der Waals surface area contributed by atoms with Crippen LogP contribution in [-0.4, -0.2) is 11.5 Å². The zero-order valence-corrected chi connectivity index (χ0v) is 13.9. The highest BCUT2D eigenvalue weighted by atomic mass is 32.2. The summed E-state index contributed by atoms with van der Waals surface area (Å²) in [6, 6.07) is 10.6. The minimum Gasteiger partial charge on any atom is -0.300 e. The molecule has 0 N–H and O–H groups in total. The van der Waals surface area contributed by atoms with Gasteiger partial charge in [0, 0.05) is 11.7 Å². The number of thioether (sulfide) groups is 1. The van der Waals surface area contributed by atoms with Gasteiger partial charge in [-0.25, -0.2) is 0 Å². The molecule has 0 bridgehead atoms. The molecule has 2 heteroatoms. The number of rotatable bonds is 7. The Morgan fingerprint density at radius 3 is 2.71 bits per heavy atom. The molecule has 4 atom stereocenters. The van der Waals surface area contributed by atoms with Gasteiger partial charge < -0.3 is 0 Å². The Kier molecular flexibility index (Phi) is 6.10. The van der Waals surface area contributed by atoms with Crippen LogP contribution in [-0.2, 0) is 10.5 Å². The first kappa shape index (κ1) is 16.4. The average molecular weight is 302 g/mol. The second-order valence-electron chi connectivity index (χ2n) is 6.32. The van der Waals surface area contributed by atoms with Crippen LogP contribution in [0.3, 0.4) is 0 Å². The van der Waals surface area contributed by atoms with Gasteiger partial charge in [-0.2, -0.15) is 11.8 Å². The van der Waals surface area contributed by atoms with Gasteiger partial charge in [-0.05, 0) is 48.8 Å². The van der Waals surface area contributed by atoms with Gasteiger partial charge in [-0.1, -0.05) is 43.3 Å². The molecule has 1 aliphatic rings. The van der Waals surface area contributed by atoms with Crippen molar-refractivity contribution in [2.45, 2.75) is 32.4 Å². The van der Waals surface area contributed by atoms with E-state index in [4.69, 9.17) is 0 Å². The molecule has 1 aromatic carbocycles. The molecule has 0 aliphatic heterocycles. The molecule has 0 heterocycles. The number of hydrogen-bond donors (Lipinski definition) is 0. The maximum atomic E-state index is 11.6. The van der Waals surface area contributed by atoms with Crippen molar-refractivity contribution in [1.82, 2.24) is 0 Å². The van der Waals surface area contributed by atoms with Crippen LogP contribution < -0.4 is 0 Å². The van der Waals surface area contributed by atoms with Crippen LogP contribution in [0.5, 0.6) is 0 Å². The molecule has 0 spiro atoms. The highest BCUT2D eigenvalue weighted by Gasteiger charge is 2.37. The molecule has 21 heavy (non-hydrogen) atoms. The van der Waals surface area contributed by atoms with Crippen LogP contribution in [0.2, 0.25) is 0 Å². The van der Waals surface area contributed by atoms with Gasteiger partial charge in [0.05, 0.1) is 0 Å². The first-order chi connectivity index (χ1) is 10.1. The maximum absolute atomic E-state index is 11.6. The summed E-state index contributed by atoms with van der Waals surface area (Å²) >= 11 is 2.00. The smallest absolute Gasteiger partial charge is 0.132 e. The molecule has 0 amide bonds.